The van der Waals surface area contributed by atoms with Crippen LogP contribution >= 0.6 is 11.3 Å². The van der Waals surface area contributed by atoms with Crippen molar-refractivity contribution in [3.8, 4) is 34.3 Å². The summed E-state index contributed by atoms with van der Waals surface area (Å²) >= 11 is 1.52. The fraction of sp³-hybridized carbons (Fsp3) is 0.280. The zero-order valence-electron chi connectivity index (χ0n) is 19.3. The smallest absolute Gasteiger partial charge is 0.206 e. The van der Waals surface area contributed by atoms with E-state index in [2.05, 4.69) is 6.58 Å². The summed E-state index contributed by atoms with van der Waals surface area (Å²) in [5.74, 6) is 2.90. The number of rotatable bonds is 7. The number of aromatic nitrogens is 1. The molecule has 8 heteroatoms. The first-order valence-corrected chi connectivity index (χ1v) is 11.4. The van der Waals surface area contributed by atoms with E-state index in [9.17, 15) is 0 Å². The van der Waals surface area contributed by atoms with Gasteiger partial charge in [-0.1, -0.05) is 12.2 Å². The van der Waals surface area contributed by atoms with Crippen molar-refractivity contribution >= 4 is 17.0 Å². The predicted molar refractivity (Wildman–Crippen MR) is 131 cm³/mol. The Hall–Kier alpha value is -3.52. The summed E-state index contributed by atoms with van der Waals surface area (Å²) in [6, 6.07) is 11.6. The van der Waals surface area contributed by atoms with Crippen LogP contribution in [0.15, 0.2) is 64.0 Å². The zero-order chi connectivity index (χ0) is 23.4. The molecule has 0 saturated carbocycles. The molecule has 0 unspecified atom stereocenters. The molecule has 2 aromatic carbocycles. The first-order valence-electron chi connectivity index (χ1n) is 10.5. The molecule has 2 heterocycles. The summed E-state index contributed by atoms with van der Waals surface area (Å²) in [6.07, 6.45) is 0. The van der Waals surface area contributed by atoms with Crippen LogP contribution in [0.1, 0.15) is 19.4 Å². The van der Waals surface area contributed by atoms with Gasteiger partial charge in [-0.05, 0) is 44.2 Å². The molecule has 0 radical (unpaired) electrons. The van der Waals surface area contributed by atoms with Gasteiger partial charge in [0.1, 0.15) is 24.7 Å². The van der Waals surface area contributed by atoms with Crippen LogP contribution in [-0.4, -0.2) is 44.4 Å². The molecule has 0 bridgehead atoms. The standard InChI is InChI=1S/C25H27N3O4S/c1-16(2)14-26-25-28(21(15-33-25)20-8-7-19(29-4)13-23(20)30-5)27-17(3)18-6-9-22-24(12-18)32-11-10-31-22/h6-9,12-13,15H,1,10-11,14H2,2-5H3. The van der Waals surface area contributed by atoms with Crippen LogP contribution in [0, 0.1) is 0 Å². The maximum Gasteiger partial charge on any atom is 0.206 e. The number of ether oxygens (including phenoxy) is 4. The highest BCUT2D eigenvalue weighted by Gasteiger charge is 2.16. The molecule has 0 amide bonds. The molecule has 3 aromatic rings. The Kier molecular flexibility index (Phi) is 6.84. The number of methoxy groups -OCH3 is 2. The summed E-state index contributed by atoms with van der Waals surface area (Å²) < 4.78 is 24.2. The van der Waals surface area contributed by atoms with Crippen molar-refractivity contribution in [1.29, 1.82) is 0 Å². The van der Waals surface area contributed by atoms with Crippen LogP contribution in [0.2, 0.25) is 0 Å². The summed E-state index contributed by atoms with van der Waals surface area (Å²) in [5.41, 5.74) is 4.50. The molecule has 4 rings (SSSR count). The molecule has 1 aliphatic heterocycles. The fourth-order valence-corrected chi connectivity index (χ4v) is 4.20. The van der Waals surface area contributed by atoms with E-state index in [1.807, 2.05) is 60.3 Å². The van der Waals surface area contributed by atoms with Gasteiger partial charge >= 0.3 is 0 Å². The lowest BCUT2D eigenvalue weighted by Crippen LogP contribution is -2.17. The van der Waals surface area contributed by atoms with Crippen LogP contribution in [0.4, 0.5) is 0 Å². The van der Waals surface area contributed by atoms with E-state index in [0.29, 0.717) is 25.5 Å². The zero-order valence-corrected chi connectivity index (χ0v) is 20.1. The number of hydrogen-bond acceptors (Lipinski definition) is 7. The average Bonchev–Trinajstić information content (AvgIpc) is 3.23. The number of nitrogens with zero attached hydrogens (tertiary/aromatic N) is 3. The Labute approximate surface area is 197 Å². The van der Waals surface area contributed by atoms with Gasteiger partial charge in [-0.15, -0.1) is 11.3 Å². The number of hydrogen-bond donors (Lipinski definition) is 0. The van der Waals surface area contributed by atoms with Crippen LogP contribution in [-0.2, 0) is 0 Å². The maximum absolute atomic E-state index is 5.74. The molecule has 172 valence electrons. The molecule has 0 atom stereocenters. The summed E-state index contributed by atoms with van der Waals surface area (Å²) in [7, 11) is 3.28. The highest BCUT2D eigenvalue weighted by molar-refractivity contribution is 7.07. The minimum Gasteiger partial charge on any atom is -0.497 e. The SMILES string of the molecule is C=C(C)CN=c1scc(-c2ccc(OC)cc2OC)n1N=C(C)c1ccc2c(c1)OCCO2. The molecule has 33 heavy (non-hydrogen) atoms. The Bertz CT molecular complexity index is 1270. The van der Waals surface area contributed by atoms with Gasteiger partial charge in [0.05, 0.1) is 32.2 Å². The van der Waals surface area contributed by atoms with Gasteiger partial charge in [-0.2, -0.15) is 5.10 Å². The second kappa shape index (κ2) is 9.95. The third kappa shape index (κ3) is 4.96. The highest BCUT2D eigenvalue weighted by atomic mass is 32.1. The monoisotopic (exact) mass is 465 g/mol. The first kappa shape index (κ1) is 22.7. The second-order valence-electron chi connectivity index (χ2n) is 7.60. The van der Waals surface area contributed by atoms with E-state index in [4.69, 9.17) is 29.0 Å². The lowest BCUT2D eigenvalue weighted by molar-refractivity contribution is 0.171. The average molecular weight is 466 g/mol. The van der Waals surface area contributed by atoms with E-state index in [1.54, 1.807) is 14.2 Å². The molecule has 0 spiro atoms. The molecule has 0 fully saturated rings. The maximum atomic E-state index is 5.74. The van der Waals surface area contributed by atoms with Gasteiger partial charge in [0, 0.05) is 22.6 Å². The minimum atomic E-state index is 0.526. The normalized spacial score (nSPS) is 13.7. The fourth-order valence-electron chi connectivity index (χ4n) is 3.38. The van der Waals surface area contributed by atoms with Crippen molar-refractivity contribution in [2.75, 3.05) is 34.0 Å². The second-order valence-corrected chi connectivity index (χ2v) is 8.44. The van der Waals surface area contributed by atoms with Crippen LogP contribution < -0.4 is 23.7 Å². The molecule has 0 N–H and O–H groups in total. The molecule has 0 aliphatic carbocycles. The van der Waals surface area contributed by atoms with Crippen LogP contribution in [0.5, 0.6) is 23.0 Å². The van der Waals surface area contributed by atoms with E-state index in [0.717, 1.165) is 50.2 Å². The Morgan fingerprint density at radius 2 is 1.85 bits per heavy atom. The van der Waals surface area contributed by atoms with Gasteiger partial charge in [0.2, 0.25) is 4.80 Å². The van der Waals surface area contributed by atoms with Gasteiger partial charge < -0.3 is 18.9 Å². The lowest BCUT2D eigenvalue weighted by atomic mass is 10.1. The summed E-state index contributed by atoms with van der Waals surface area (Å²) in [6.45, 7) is 9.52. The predicted octanol–water partition coefficient (Wildman–Crippen LogP) is 4.75. The Morgan fingerprint density at radius 3 is 2.58 bits per heavy atom. The van der Waals surface area contributed by atoms with Crippen molar-refractivity contribution in [3.05, 3.63) is 64.3 Å². The molecular weight excluding hydrogens is 438 g/mol. The van der Waals surface area contributed by atoms with E-state index in [1.165, 1.54) is 11.3 Å². The largest absolute Gasteiger partial charge is 0.497 e. The van der Waals surface area contributed by atoms with Crippen molar-refractivity contribution in [1.82, 2.24) is 4.68 Å². The van der Waals surface area contributed by atoms with Gasteiger partial charge in [0.25, 0.3) is 0 Å². The van der Waals surface area contributed by atoms with Gasteiger partial charge in [-0.25, -0.2) is 4.68 Å². The van der Waals surface area contributed by atoms with E-state index >= 15 is 0 Å². The van der Waals surface area contributed by atoms with Crippen molar-refractivity contribution < 1.29 is 18.9 Å². The first-order chi connectivity index (χ1) is 16.0. The molecule has 1 aliphatic rings. The third-order valence-electron chi connectivity index (χ3n) is 5.06. The number of thiazole rings is 1. The molecule has 0 saturated heterocycles. The minimum absolute atomic E-state index is 0.526. The summed E-state index contributed by atoms with van der Waals surface area (Å²) in [4.78, 5) is 5.49. The lowest BCUT2D eigenvalue weighted by Gasteiger charge is -2.18. The topological polar surface area (TPSA) is 66.6 Å². The van der Waals surface area contributed by atoms with Crippen LogP contribution in [0.3, 0.4) is 0 Å². The van der Waals surface area contributed by atoms with Gasteiger partial charge in [0.15, 0.2) is 11.5 Å². The highest BCUT2D eigenvalue weighted by Crippen LogP contribution is 2.34. The molecular formula is C25H27N3O4S. The number of benzene rings is 2. The Morgan fingerprint density at radius 1 is 1.06 bits per heavy atom. The number of fused-ring (bicyclic) bond motifs is 1. The van der Waals surface area contributed by atoms with Crippen molar-refractivity contribution in [2.24, 2.45) is 10.1 Å². The summed E-state index contributed by atoms with van der Waals surface area (Å²) in [5, 5.41) is 6.98. The van der Waals surface area contributed by atoms with Crippen LogP contribution in [0.25, 0.3) is 11.3 Å². The Balaban J connectivity index is 1.83. The van der Waals surface area contributed by atoms with Crippen molar-refractivity contribution in [2.45, 2.75) is 13.8 Å². The van der Waals surface area contributed by atoms with Gasteiger partial charge in [-0.3, -0.25) is 4.99 Å². The van der Waals surface area contributed by atoms with E-state index in [-0.39, 0.29) is 0 Å². The van der Waals surface area contributed by atoms with Crippen molar-refractivity contribution in [3.63, 3.8) is 0 Å². The molecule has 7 nitrogen and oxygen atoms in total. The molecule has 1 aromatic heterocycles. The van der Waals surface area contributed by atoms with E-state index < -0.39 is 0 Å². The third-order valence-corrected chi connectivity index (χ3v) is 5.92. The quantitative estimate of drug-likeness (QED) is 0.373.